The molecule has 0 saturated carbocycles. The fraction of sp³-hybridized carbons (Fsp3) is 0.962. The predicted molar refractivity (Wildman–Crippen MR) is 259 cm³/mol. The van der Waals surface area contributed by atoms with E-state index in [9.17, 15) is 0 Å². The molecular weight excluding hydrogens is 747 g/mol. The molecule has 0 aromatic rings. The summed E-state index contributed by atoms with van der Waals surface area (Å²) < 4.78 is 13.5. The minimum absolute atomic E-state index is 0.250. The molecule has 0 radical (unpaired) electrons. The van der Waals surface area contributed by atoms with Gasteiger partial charge in [-0.05, 0) is 44.2 Å². The van der Waals surface area contributed by atoms with Gasteiger partial charge in [0.25, 0.3) is 12.9 Å². The van der Waals surface area contributed by atoms with Crippen LogP contribution in [0.4, 0.5) is 0 Å². The Balaban J connectivity index is 0. The molecule has 1 rings (SSSR count). The Bertz CT molecular complexity index is 768. The summed E-state index contributed by atoms with van der Waals surface area (Å²) in [6.07, 6.45) is 51.9. The van der Waals surface area contributed by atoms with Crippen molar-refractivity contribution in [1.82, 2.24) is 4.90 Å². The number of rotatable bonds is 43. The first-order chi connectivity index (χ1) is 29.4. The van der Waals surface area contributed by atoms with E-state index in [-0.39, 0.29) is 24.8 Å². The van der Waals surface area contributed by atoms with Crippen molar-refractivity contribution in [2.24, 2.45) is 11.8 Å². The zero-order valence-electron chi connectivity index (χ0n) is 41.4. The summed E-state index contributed by atoms with van der Waals surface area (Å²) in [5.41, 5.74) is 0. The minimum Gasteiger partial charge on any atom is -0.483 e. The van der Waals surface area contributed by atoms with Crippen LogP contribution in [0.25, 0.3) is 0 Å². The third-order valence-electron chi connectivity index (χ3n) is 13.3. The zero-order chi connectivity index (χ0) is 44.6. The van der Waals surface area contributed by atoms with Crippen LogP contribution < -0.4 is 0 Å². The summed E-state index contributed by atoms with van der Waals surface area (Å²) in [5.74, 6) is 1.71. The smallest absolute Gasteiger partial charge is 0.290 e. The van der Waals surface area contributed by atoms with E-state index in [0.29, 0.717) is 0 Å². The number of ether oxygens (including phenoxy) is 2. The standard InChI is InChI=1S/C51H103NO2.2CH2O2/c1-7-13-29-37-48(38-30-14-8-2)41-33-25-21-17-19-23-27-35-44-51(53-47-50(54-51)43-46-52(11-5)12-6)45-36-28-24-20-18-22-26-34-42-49(39-31-15-9-3)40-32-16-10-4;2*2-1-3/h48-50H,7-47H2,1-6H3;2*1H,(H,2,3). The molecule has 0 aliphatic carbocycles. The second-order valence-electron chi connectivity index (χ2n) is 18.4. The maximum absolute atomic E-state index is 8.36. The topological polar surface area (TPSA) is 96.3 Å². The van der Waals surface area contributed by atoms with E-state index in [1.165, 1.54) is 218 Å². The Morgan fingerprint density at radius 2 is 0.767 bits per heavy atom. The van der Waals surface area contributed by atoms with Crippen molar-refractivity contribution in [3.8, 4) is 0 Å². The number of hydrogen-bond acceptors (Lipinski definition) is 5. The Kier molecular flexibility index (Phi) is 49.6. The molecule has 60 heavy (non-hydrogen) atoms. The molecule has 7 nitrogen and oxygen atoms in total. The Hall–Kier alpha value is -1.18. The van der Waals surface area contributed by atoms with Gasteiger partial charge in [-0.25, -0.2) is 0 Å². The van der Waals surface area contributed by atoms with Crippen molar-refractivity contribution < 1.29 is 29.3 Å². The highest BCUT2D eigenvalue weighted by Gasteiger charge is 2.40. The van der Waals surface area contributed by atoms with Gasteiger partial charge in [-0.15, -0.1) is 0 Å². The second kappa shape index (κ2) is 48.8. The summed E-state index contributed by atoms with van der Waals surface area (Å²) in [6, 6.07) is 0. The Labute approximate surface area is 375 Å². The minimum atomic E-state index is -0.302. The average Bonchev–Trinajstić information content (AvgIpc) is 3.65. The second-order valence-corrected chi connectivity index (χ2v) is 18.4. The lowest BCUT2D eigenvalue weighted by molar-refractivity contribution is -0.180. The molecular formula is C53H107NO6. The average molecular weight is 854 g/mol. The van der Waals surface area contributed by atoms with Gasteiger partial charge in [-0.2, -0.15) is 0 Å². The highest BCUT2D eigenvalue weighted by atomic mass is 16.7. The van der Waals surface area contributed by atoms with Crippen molar-refractivity contribution in [3.63, 3.8) is 0 Å². The summed E-state index contributed by atoms with van der Waals surface area (Å²) in [4.78, 5) is 19.3. The maximum Gasteiger partial charge on any atom is 0.290 e. The van der Waals surface area contributed by atoms with Crippen molar-refractivity contribution in [1.29, 1.82) is 0 Å². The molecule has 1 heterocycles. The van der Waals surface area contributed by atoms with Crippen LogP contribution in [0.15, 0.2) is 0 Å². The Morgan fingerprint density at radius 3 is 1.07 bits per heavy atom. The number of carbonyl (C=O) groups is 2. The molecule has 1 atom stereocenters. The molecule has 360 valence electrons. The van der Waals surface area contributed by atoms with E-state index >= 15 is 0 Å². The fourth-order valence-electron chi connectivity index (χ4n) is 9.39. The first-order valence-corrected chi connectivity index (χ1v) is 26.6. The summed E-state index contributed by atoms with van der Waals surface area (Å²) >= 11 is 0. The van der Waals surface area contributed by atoms with Crippen LogP contribution in [0.3, 0.4) is 0 Å². The van der Waals surface area contributed by atoms with Crippen LogP contribution in [0.1, 0.15) is 279 Å². The molecule has 0 spiro atoms. The first kappa shape index (κ1) is 60.9. The molecule has 0 bridgehead atoms. The number of hydrogen-bond donors (Lipinski definition) is 2. The zero-order valence-corrected chi connectivity index (χ0v) is 41.4. The van der Waals surface area contributed by atoms with Crippen LogP contribution in [0.5, 0.6) is 0 Å². The number of carboxylic acid groups (broad SMARTS) is 2. The third-order valence-corrected chi connectivity index (χ3v) is 13.3. The number of unbranched alkanes of at least 4 members (excludes halogenated alkanes) is 22. The van der Waals surface area contributed by atoms with Gasteiger partial charge >= 0.3 is 0 Å². The quantitative estimate of drug-likeness (QED) is 0.0466. The molecule has 1 fully saturated rings. The van der Waals surface area contributed by atoms with Crippen LogP contribution in [0.2, 0.25) is 0 Å². The summed E-state index contributed by atoms with van der Waals surface area (Å²) in [6.45, 7) is 17.6. The predicted octanol–water partition coefficient (Wildman–Crippen LogP) is 16.6. The van der Waals surface area contributed by atoms with Gasteiger partial charge < -0.3 is 24.6 Å². The maximum atomic E-state index is 8.36. The van der Waals surface area contributed by atoms with E-state index in [2.05, 4.69) is 46.4 Å². The molecule has 1 aliphatic heterocycles. The molecule has 1 saturated heterocycles. The van der Waals surface area contributed by atoms with Crippen molar-refractivity contribution in [2.75, 3.05) is 26.2 Å². The highest BCUT2D eigenvalue weighted by Crippen LogP contribution is 2.36. The van der Waals surface area contributed by atoms with E-state index < -0.39 is 0 Å². The monoisotopic (exact) mass is 854 g/mol. The Morgan fingerprint density at radius 1 is 0.483 bits per heavy atom. The molecule has 1 aliphatic rings. The first-order valence-electron chi connectivity index (χ1n) is 26.6. The molecule has 0 aromatic heterocycles. The van der Waals surface area contributed by atoms with E-state index in [0.717, 1.165) is 57.3 Å². The van der Waals surface area contributed by atoms with E-state index in [4.69, 9.17) is 29.3 Å². The van der Waals surface area contributed by atoms with Gasteiger partial charge in [0.1, 0.15) is 0 Å². The lowest BCUT2D eigenvalue weighted by Gasteiger charge is -2.29. The van der Waals surface area contributed by atoms with Crippen molar-refractivity contribution in [3.05, 3.63) is 0 Å². The molecule has 0 amide bonds. The molecule has 7 heteroatoms. The summed E-state index contributed by atoms with van der Waals surface area (Å²) in [7, 11) is 0. The van der Waals surface area contributed by atoms with Gasteiger partial charge in [0.15, 0.2) is 5.79 Å². The van der Waals surface area contributed by atoms with Gasteiger partial charge in [0.05, 0.1) is 12.7 Å². The fourth-order valence-corrected chi connectivity index (χ4v) is 9.39. The molecule has 1 unspecified atom stereocenters. The van der Waals surface area contributed by atoms with Crippen molar-refractivity contribution >= 4 is 12.9 Å². The number of nitrogens with zero attached hydrogens (tertiary/aromatic N) is 1. The van der Waals surface area contributed by atoms with E-state index in [1.807, 2.05) is 0 Å². The molecule has 2 N–H and O–H groups in total. The lowest BCUT2D eigenvalue weighted by Crippen LogP contribution is -2.32. The van der Waals surface area contributed by atoms with Crippen LogP contribution in [-0.4, -0.2) is 66.2 Å². The highest BCUT2D eigenvalue weighted by molar-refractivity contribution is 5.33. The van der Waals surface area contributed by atoms with Gasteiger partial charge in [-0.1, -0.05) is 247 Å². The normalized spacial score (nSPS) is 14.7. The van der Waals surface area contributed by atoms with Gasteiger partial charge in [0.2, 0.25) is 0 Å². The van der Waals surface area contributed by atoms with Crippen LogP contribution in [-0.2, 0) is 19.1 Å². The van der Waals surface area contributed by atoms with Crippen molar-refractivity contribution in [2.45, 2.75) is 291 Å². The summed E-state index contributed by atoms with van der Waals surface area (Å²) in [5, 5.41) is 13.8. The van der Waals surface area contributed by atoms with Gasteiger partial charge in [0, 0.05) is 19.4 Å². The SMILES string of the molecule is CCCCCC(CCCCC)CCCCCCCCCCC1(CCCCCCCCCCC(CCCCC)CCCCC)OCC(CCN(CC)CC)O1.O=CO.O=CO. The van der Waals surface area contributed by atoms with Crippen LogP contribution in [0, 0.1) is 11.8 Å². The lowest BCUT2D eigenvalue weighted by atomic mass is 9.90. The van der Waals surface area contributed by atoms with Crippen LogP contribution >= 0.6 is 0 Å². The largest absolute Gasteiger partial charge is 0.483 e. The van der Waals surface area contributed by atoms with E-state index in [1.54, 1.807) is 0 Å². The molecule has 0 aromatic carbocycles. The van der Waals surface area contributed by atoms with Gasteiger partial charge in [-0.3, -0.25) is 9.59 Å². The third kappa shape index (κ3) is 39.7.